The summed E-state index contributed by atoms with van der Waals surface area (Å²) in [6.45, 7) is 0. The second-order valence-corrected chi connectivity index (χ2v) is 8.77. The molecule has 2 aromatic carbocycles. The maximum Gasteiger partial charge on any atom is 0.265 e. The van der Waals surface area contributed by atoms with Gasteiger partial charge in [-0.2, -0.15) is 0 Å². The van der Waals surface area contributed by atoms with Crippen LogP contribution in [0.1, 0.15) is 15.2 Å². The number of thioether (sulfide) groups is 1. The number of ether oxygens (including phenoxy) is 3. The first kappa shape index (κ1) is 19.9. The summed E-state index contributed by atoms with van der Waals surface area (Å²) in [6, 6.07) is 11.2. The van der Waals surface area contributed by atoms with Gasteiger partial charge in [0.05, 0.1) is 26.2 Å². The molecule has 8 heteroatoms. The van der Waals surface area contributed by atoms with E-state index in [1.54, 1.807) is 23.9 Å². The predicted octanol–water partition coefficient (Wildman–Crippen LogP) is 5.95. The number of hydrogen-bond donors (Lipinski definition) is 1. The van der Waals surface area contributed by atoms with Gasteiger partial charge in [-0.3, -0.25) is 4.79 Å². The smallest absolute Gasteiger partial charge is 0.265 e. The number of halogens is 1. The molecule has 0 fully saturated rings. The minimum atomic E-state index is -0.181. The lowest BCUT2D eigenvalue weighted by molar-refractivity contribution is 0.103. The van der Waals surface area contributed by atoms with Crippen molar-refractivity contribution < 1.29 is 19.0 Å². The number of carbonyl (C=O) groups is 1. The lowest BCUT2D eigenvalue weighted by Gasteiger charge is -2.15. The number of fused-ring (bicyclic) bond motifs is 3. The highest BCUT2D eigenvalue weighted by atomic mass is 35.5. The van der Waals surface area contributed by atoms with E-state index in [2.05, 4.69) is 5.32 Å². The molecule has 1 amide bonds. The minimum Gasteiger partial charge on any atom is -0.493 e. The second kappa shape index (κ2) is 8.18. The molecule has 150 valence electrons. The first-order valence-electron chi connectivity index (χ1n) is 8.70. The summed E-state index contributed by atoms with van der Waals surface area (Å²) in [6.07, 6.45) is 0. The van der Waals surface area contributed by atoms with Gasteiger partial charge in [0, 0.05) is 43.9 Å². The third-order valence-corrected chi connectivity index (χ3v) is 7.08. The summed E-state index contributed by atoms with van der Waals surface area (Å²) in [5, 5.41) is 3.65. The predicted molar refractivity (Wildman–Crippen MR) is 118 cm³/mol. The van der Waals surface area contributed by atoms with E-state index in [0.29, 0.717) is 27.8 Å². The molecule has 0 unspecified atom stereocenters. The van der Waals surface area contributed by atoms with E-state index in [0.717, 1.165) is 31.7 Å². The van der Waals surface area contributed by atoms with Gasteiger partial charge >= 0.3 is 0 Å². The molecule has 2 heterocycles. The van der Waals surface area contributed by atoms with Crippen LogP contribution < -0.4 is 19.5 Å². The van der Waals surface area contributed by atoms with Gasteiger partial charge < -0.3 is 19.5 Å². The van der Waals surface area contributed by atoms with Gasteiger partial charge in [0.2, 0.25) is 5.75 Å². The van der Waals surface area contributed by atoms with E-state index < -0.39 is 0 Å². The molecule has 1 aliphatic rings. The van der Waals surface area contributed by atoms with Crippen molar-refractivity contribution in [3.8, 4) is 27.7 Å². The van der Waals surface area contributed by atoms with Crippen LogP contribution in [0.3, 0.4) is 0 Å². The van der Waals surface area contributed by atoms with Crippen LogP contribution in [0.5, 0.6) is 17.2 Å². The van der Waals surface area contributed by atoms with Crippen LogP contribution in [0.2, 0.25) is 5.02 Å². The zero-order valence-corrected chi connectivity index (χ0v) is 18.4. The van der Waals surface area contributed by atoms with Crippen LogP contribution >= 0.6 is 34.7 Å². The number of methoxy groups -OCH3 is 3. The number of rotatable bonds is 5. The van der Waals surface area contributed by atoms with E-state index in [1.807, 2.05) is 24.3 Å². The third kappa shape index (κ3) is 3.77. The maximum absolute atomic E-state index is 12.9. The summed E-state index contributed by atoms with van der Waals surface area (Å²) >= 11 is 9.33. The van der Waals surface area contributed by atoms with Crippen molar-refractivity contribution in [2.45, 2.75) is 10.6 Å². The van der Waals surface area contributed by atoms with Crippen molar-refractivity contribution in [3.63, 3.8) is 0 Å². The fourth-order valence-corrected chi connectivity index (χ4v) is 5.76. The summed E-state index contributed by atoms with van der Waals surface area (Å²) in [5.41, 5.74) is 2.85. The van der Waals surface area contributed by atoms with Gasteiger partial charge in [-0.25, -0.2) is 0 Å². The number of nitrogens with one attached hydrogen (secondary N) is 1. The van der Waals surface area contributed by atoms with Crippen LogP contribution in [0, 0.1) is 0 Å². The number of thiophene rings is 1. The minimum absolute atomic E-state index is 0.181. The lowest BCUT2D eigenvalue weighted by atomic mass is 10.1. The van der Waals surface area contributed by atoms with Gasteiger partial charge in [-0.15, -0.1) is 23.1 Å². The first-order chi connectivity index (χ1) is 14.0. The van der Waals surface area contributed by atoms with Crippen molar-refractivity contribution in [2.24, 2.45) is 0 Å². The fourth-order valence-electron chi connectivity index (χ4n) is 3.18. The molecule has 1 N–H and O–H groups in total. The molecule has 0 bridgehead atoms. The molecular formula is C21H18ClNO4S2. The van der Waals surface area contributed by atoms with Gasteiger partial charge in [-0.05, 0) is 23.8 Å². The number of hydrogen-bond acceptors (Lipinski definition) is 6. The van der Waals surface area contributed by atoms with Crippen LogP contribution in [0.4, 0.5) is 5.69 Å². The van der Waals surface area contributed by atoms with E-state index in [4.69, 9.17) is 25.8 Å². The second-order valence-electron chi connectivity index (χ2n) is 6.26. The number of benzene rings is 2. The molecule has 5 nitrogen and oxygen atoms in total. The molecule has 1 aliphatic heterocycles. The molecular weight excluding hydrogens is 430 g/mol. The SMILES string of the molecule is COc1cc(NC(=O)c2cc3c(s2)-c2ccc(Cl)cc2SC3)cc(OC)c1OC. The monoisotopic (exact) mass is 447 g/mol. The van der Waals surface area contributed by atoms with Gasteiger partial charge in [0.25, 0.3) is 5.91 Å². The summed E-state index contributed by atoms with van der Waals surface area (Å²) < 4.78 is 16.0. The Labute approximate surface area is 181 Å². The topological polar surface area (TPSA) is 56.8 Å². The van der Waals surface area contributed by atoms with Crippen LogP contribution in [-0.4, -0.2) is 27.2 Å². The number of amides is 1. The molecule has 3 aromatic rings. The highest BCUT2D eigenvalue weighted by molar-refractivity contribution is 7.98. The van der Waals surface area contributed by atoms with Crippen molar-refractivity contribution in [1.29, 1.82) is 0 Å². The molecule has 0 aliphatic carbocycles. The zero-order chi connectivity index (χ0) is 20.5. The van der Waals surface area contributed by atoms with Crippen molar-refractivity contribution in [2.75, 3.05) is 26.6 Å². The number of anilines is 1. The highest BCUT2D eigenvalue weighted by Crippen LogP contribution is 2.46. The average Bonchev–Trinajstić information content (AvgIpc) is 3.17. The molecule has 1 aromatic heterocycles. The Hall–Kier alpha value is -2.35. The molecule has 0 saturated carbocycles. The molecule has 0 saturated heterocycles. The quantitative estimate of drug-likeness (QED) is 0.523. The van der Waals surface area contributed by atoms with Crippen LogP contribution in [-0.2, 0) is 5.75 Å². The molecule has 0 atom stereocenters. The largest absolute Gasteiger partial charge is 0.493 e. The van der Waals surface area contributed by atoms with Crippen molar-refractivity contribution in [1.82, 2.24) is 0 Å². The third-order valence-electron chi connectivity index (χ3n) is 4.53. The fraction of sp³-hybridized carbons (Fsp3) is 0.190. The summed E-state index contributed by atoms with van der Waals surface area (Å²) in [7, 11) is 4.62. The van der Waals surface area contributed by atoms with Gasteiger partial charge in [-0.1, -0.05) is 17.7 Å². The Morgan fingerprint density at radius 3 is 2.41 bits per heavy atom. The molecule has 0 spiro atoms. The average molecular weight is 448 g/mol. The molecule has 0 radical (unpaired) electrons. The summed E-state index contributed by atoms with van der Waals surface area (Å²) in [4.78, 5) is 15.8. The summed E-state index contributed by atoms with van der Waals surface area (Å²) in [5.74, 6) is 2.08. The number of carbonyl (C=O) groups excluding carboxylic acids is 1. The normalized spacial score (nSPS) is 12.0. The molecule has 29 heavy (non-hydrogen) atoms. The Morgan fingerprint density at radius 1 is 1.03 bits per heavy atom. The van der Waals surface area contributed by atoms with E-state index in [9.17, 15) is 4.79 Å². The highest BCUT2D eigenvalue weighted by Gasteiger charge is 2.23. The van der Waals surface area contributed by atoms with Crippen molar-refractivity contribution >= 4 is 46.3 Å². The van der Waals surface area contributed by atoms with E-state index >= 15 is 0 Å². The zero-order valence-electron chi connectivity index (χ0n) is 16.0. The standard InChI is InChI=1S/C21H18ClNO4S2/c1-25-15-8-13(9-16(26-2)19(15)27-3)23-21(24)18-6-11-10-28-17-7-12(22)4-5-14(17)20(11)29-18/h4-9H,10H2,1-3H3,(H,23,24). The Morgan fingerprint density at radius 2 is 1.76 bits per heavy atom. The van der Waals surface area contributed by atoms with Crippen molar-refractivity contribution in [3.05, 3.63) is 51.9 Å². The molecule has 4 rings (SSSR count). The van der Waals surface area contributed by atoms with E-state index in [-0.39, 0.29) is 5.91 Å². The lowest BCUT2D eigenvalue weighted by Crippen LogP contribution is -2.10. The Kier molecular flexibility index (Phi) is 5.63. The van der Waals surface area contributed by atoms with Crippen LogP contribution in [0.15, 0.2) is 41.3 Å². The van der Waals surface area contributed by atoms with Crippen LogP contribution in [0.25, 0.3) is 10.4 Å². The van der Waals surface area contributed by atoms with Gasteiger partial charge in [0.15, 0.2) is 11.5 Å². The Bertz CT molecular complexity index is 1070. The maximum atomic E-state index is 12.9. The van der Waals surface area contributed by atoms with E-state index in [1.165, 1.54) is 32.7 Å². The first-order valence-corrected chi connectivity index (χ1v) is 10.9. The Balaban J connectivity index is 1.63. The van der Waals surface area contributed by atoms with Gasteiger partial charge in [0.1, 0.15) is 0 Å².